The van der Waals surface area contributed by atoms with Crippen molar-refractivity contribution in [2.75, 3.05) is 5.73 Å². The lowest BCUT2D eigenvalue weighted by molar-refractivity contribution is -0.141. The molecule has 4 nitrogen and oxygen atoms in total. The van der Waals surface area contributed by atoms with Crippen molar-refractivity contribution >= 4 is 16.9 Å². The van der Waals surface area contributed by atoms with E-state index in [-0.39, 0.29) is 17.4 Å². The van der Waals surface area contributed by atoms with Crippen molar-refractivity contribution < 1.29 is 13.2 Å². The first kappa shape index (κ1) is 10.4. The van der Waals surface area contributed by atoms with Gasteiger partial charge in [-0.25, -0.2) is 4.98 Å². The van der Waals surface area contributed by atoms with Crippen LogP contribution in [-0.2, 0) is 6.18 Å². The first-order chi connectivity index (χ1) is 7.97. The number of nitrogens with two attached hydrogens (primary N) is 1. The van der Waals surface area contributed by atoms with Gasteiger partial charge in [0.15, 0.2) is 11.5 Å². The summed E-state index contributed by atoms with van der Waals surface area (Å²) in [6.07, 6.45) is -2.67. The number of nitrogen functional groups attached to an aromatic ring is 1. The Hall–Kier alpha value is -1.79. The van der Waals surface area contributed by atoms with E-state index in [1.165, 1.54) is 0 Å². The molecular formula is C10H9F3N4. The number of aromatic amines is 1. The molecule has 0 atom stereocenters. The van der Waals surface area contributed by atoms with Gasteiger partial charge >= 0.3 is 6.18 Å². The molecule has 3 N–H and O–H groups in total. The molecule has 0 saturated heterocycles. The highest BCUT2D eigenvalue weighted by molar-refractivity contribution is 5.90. The summed E-state index contributed by atoms with van der Waals surface area (Å²) >= 11 is 0. The van der Waals surface area contributed by atoms with Gasteiger partial charge in [0.2, 0.25) is 0 Å². The van der Waals surface area contributed by atoms with E-state index >= 15 is 0 Å². The minimum atomic E-state index is -4.45. The summed E-state index contributed by atoms with van der Waals surface area (Å²) in [6, 6.07) is 1.09. The maximum absolute atomic E-state index is 12.7. The summed E-state index contributed by atoms with van der Waals surface area (Å²) in [5, 5.41) is 6.68. The molecule has 2 heterocycles. The minimum Gasteiger partial charge on any atom is -0.382 e. The zero-order chi connectivity index (χ0) is 12.2. The van der Waals surface area contributed by atoms with E-state index in [9.17, 15) is 13.2 Å². The lowest BCUT2D eigenvalue weighted by atomic mass is 10.1. The van der Waals surface area contributed by atoms with E-state index in [4.69, 9.17) is 5.73 Å². The monoisotopic (exact) mass is 242 g/mol. The predicted molar refractivity (Wildman–Crippen MR) is 55.3 cm³/mol. The molecule has 1 aliphatic rings. The number of alkyl halides is 3. The van der Waals surface area contributed by atoms with Gasteiger partial charge in [0.1, 0.15) is 5.69 Å². The number of nitrogens with zero attached hydrogens (tertiary/aromatic N) is 2. The molecule has 90 valence electrons. The smallest absolute Gasteiger partial charge is 0.382 e. The van der Waals surface area contributed by atoms with Crippen molar-refractivity contribution in [2.24, 2.45) is 0 Å². The van der Waals surface area contributed by atoms with E-state index in [2.05, 4.69) is 15.2 Å². The van der Waals surface area contributed by atoms with Crippen LogP contribution in [0, 0.1) is 0 Å². The molecule has 0 radical (unpaired) electrons. The number of fused-ring (bicyclic) bond motifs is 1. The van der Waals surface area contributed by atoms with Gasteiger partial charge in [-0.15, -0.1) is 0 Å². The fourth-order valence-corrected chi connectivity index (χ4v) is 1.95. The van der Waals surface area contributed by atoms with Crippen LogP contribution in [0.3, 0.4) is 0 Å². The molecule has 3 rings (SSSR count). The molecule has 0 bridgehead atoms. The van der Waals surface area contributed by atoms with E-state index < -0.39 is 11.9 Å². The Balaban J connectivity index is 2.29. The fraction of sp³-hybridized carbons (Fsp3) is 0.400. The molecule has 7 heteroatoms. The molecule has 2 aromatic heterocycles. The summed E-state index contributed by atoms with van der Waals surface area (Å²) in [6.45, 7) is 0. The van der Waals surface area contributed by atoms with E-state index in [0.29, 0.717) is 10.9 Å². The third kappa shape index (κ3) is 1.62. The number of pyridine rings is 1. The largest absolute Gasteiger partial charge is 0.433 e. The van der Waals surface area contributed by atoms with Gasteiger partial charge in [0.25, 0.3) is 0 Å². The number of H-pyrrole nitrogens is 1. The van der Waals surface area contributed by atoms with Crippen LogP contribution < -0.4 is 5.73 Å². The molecule has 1 fully saturated rings. The highest BCUT2D eigenvalue weighted by Gasteiger charge is 2.36. The van der Waals surface area contributed by atoms with Crippen LogP contribution in [0.2, 0.25) is 0 Å². The van der Waals surface area contributed by atoms with Crippen LogP contribution in [0.5, 0.6) is 0 Å². The third-order valence-electron chi connectivity index (χ3n) is 2.90. The van der Waals surface area contributed by atoms with Gasteiger partial charge in [0, 0.05) is 0 Å². The Morgan fingerprint density at radius 3 is 2.65 bits per heavy atom. The summed E-state index contributed by atoms with van der Waals surface area (Å²) in [4.78, 5) is 3.52. The molecule has 0 aromatic carbocycles. The van der Waals surface area contributed by atoms with Crippen LogP contribution in [0.15, 0.2) is 6.07 Å². The number of hydrogen-bond acceptors (Lipinski definition) is 3. The summed E-state index contributed by atoms with van der Waals surface area (Å²) < 4.78 is 38.0. The average Bonchev–Trinajstić information content (AvgIpc) is 3.02. The first-order valence-electron chi connectivity index (χ1n) is 5.18. The van der Waals surface area contributed by atoms with Crippen molar-refractivity contribution in [3.05, 3.63) is 17.3 Å². The lowest BCUT2D eigenvalue weighted by Crippen LogP contribution is -2.09. The lowest BCUT2D eigenvalue weighted by Gasteiger charge is -2.08. The Morgan fingerprint density at radius 1 is 1.35 bits per heavy atom. The second kappa shape index (κ2) is 3.12. The number of hydrogen-bond donors (Lipinski definition) is 2. The molecule has 2 aromatic rings. The number of aromatic nitrogens is 3. The quantitative estimate of drug-likeness (QED) is 0.807. The van der Waals surface area contributed by atoms with Gasteiger partial charge < -0.3 is 5.73 Å². The van der Waals surface area contributed by atoms with Gasteiger partial charge in [-0.2, -0.15) is 18.3 Å². The van der Waals surface area contributed by atoms with Crippen molar-refractivity contribution in [2.45, 2.75) is 24.9 Å². The van der Waals surface area contributed by atoms with Gasteiger partial charge in [-0.1, -0.05) is 0 Å². The Kier molecular flexibility index (Phi) is 1.90. The normalized spacial score (nSPS) is 16.6. The Bertz CT molecular complexity index is 583. The maximum Gasteiger partial charge on any atom is 0.433 e. The highest BCUT2D eigenvalue weighted by Crippen LogP contribution is 2.45. The third-order valence-corrected chi connectivity index (χ3v) is 2.90. The van der Waals surface area contributed by atoms with Crippen LogP contribution in [0.25, 0.3) is 11.0 Å². The SMILES string of the molecule is Nc1n[nH]c2nc(C(F)(F)F)cc(C3CC3)c12. The molecular weight excluding hydrogens is 233 g/mol. The van der Waals surface area contributed by atoms with Crippen molar-refractivity contribution in [1.82, 2.24) is 15.2 Å². The minimum absolute atomic E-state index is 0.110. The van der Waals surface area contributed by atoms with Crippen LogP contribution >= 0.6 is 0 Å². The van der Waals surface area contributed by atoms with Gasteiger partial charge in [-0.3, -0.25) is 5.10 Å². The molecule has 0 aliphatic heterocycles. The molecule has 0 spiro atoms. The second-order valence-corrected chi connectivity index (χ2v) is 4.20. The van der Waals surface area contributed by atoms with Gasteiger partial charge in [-0.05, 0) is 30.4 Å². The predicted octanol–water partition coefficient (Wildman–Crippen LogP) is 2.44. The molecule has 1 aliphatic carbocycles. The van der Waals surface area contributed by atoms with Crippen molar-refractivity contribution in [3.8, 4) is 0 Å². The topological polar surface area (TPSA) is 67.6 Å². The van der Waals surface area contributed by atoms with E-state index in [1.54, 1.807) is 0 Å². The number of rotatable bonds is 1. The zero-order valence-corrected chi connectivity index (χ0v) is 8.67. The number of anilines is 1. The Labute approximate surface area is 94.0 Å². The van der Waals surface area contributed by atoms with E-state index in [1.807, 2.05) is 0 Å². The second-order valence-electron chi connectivity index (χ2n) is 4.20. The summed E-state index contributed by atoms with van der Waals surface area (Å²) in [5.41, 5.74) is 5.46. The van der Waals surface area contributed by atoms with Crippen molar-refractivity contribution in [3.63, 3.8) is 0 Å². The molecule has 1 saturated carbocycles. The average molecular weight is 242 g/mol. The standard InChI is InChI=1S/C10H9F3N4/c11-10(12,13)6-3-5(4-1-2-4)7-8(14)16-17-9(7)15-6/h3-4H,1-2H2,(H3,14,15,16,17). The van der Waals surface area contributed by atoms with Crippen LogP contribution in [0.4, 0.5) is 19.0 Å². The maximum atomic E-state index is 12.7. The van der Waals surface area contributed by atoms with E-state index in [0.717, 1.165) is 18.9 Å². The fourth-order valence-electron chi connectivity index (χ4n) is 1.95. The molecule has 0 unspecified atom stereocenters. The summed E-state index contributed by atoms with van der Waals surface area (Å²) in [5.74, 6) is 0.365. The molecule has 0 amide bonds. The van der Waals surface area contributed by atoms with Crippen LogP contribution in [-0.4, -0.2) is 15.2 Å². The summed E-state index contributed by atoms with van der Waals surface area (Å²) in [7, 11) is 0. The Morgan fingerprint density at radius 2 is 2.06 bits per heavy atom. The highest BCUT2D eigenvalue weighted by atomic mass is 19.4. The number of nitrogens with one attached hydrogen (secondary N) is 1. The first-order valence-corrected chi connectivity index (χ1v) is 5.18. The zero-order valence-electron chi connectivity index (χ0n) is 8.67. The van der Waals surface area contributed by atoms with Crippen molar-refractivity contribution in [1.29, 1.82) is 0 Å². The van der Waals surface area contributed by atoms with Crippen LogP contribution in [0.1, 0.15) is 30.0 Å². The van der Waals surface area contributed by atoms with Gasteiger partial charge in [0.05, 0.1) is 5.39 Å². The number of halogens is 3. The molecule has 17 heavy (non-hydrogen) atoms.